The van der Waals surface area contributed by atoms with Gasteiger partial charge in [0.2, 0.25) is 5.91 Å². The topological polar surface area (TPSA) is 78.4 Å². The molecule has 0 aliphatic heterocycles. The molecule has 1 amide bonds. The Morgan fingerprint density at radius 1 is 1.28 bits per heavy atom. The van der Waals surface area contributed by atoms with E-state index in [4.69, 9.17) is 0 Å². The van der Waals surface area contributed by atoms with Gasteiger partial charge in [0.15, 0.2) is 5.96 Å². The molecule has 1 aliphatic rings. The predicted molar refractivity (Wildman–Crippen MR) is 115 cm³/mol. The number of carbonyl (C=O) groups excluding carboxylic acids is 1. The number of rotatable bonds is 7. The summed E-state index contributed by atoms with van der Waals surface area (Å²) in [6.45, 7) is 8.05. The zero-order valence-electron chi connectivity index (χ0n) is 15.4. The summed E-state index contributed by atoms with van der Waals surface area (Å²) in [6, 6.07) is 0.386. The van der Waals surface area contributed by atoms with E-state index in [1.807, 2.05) is 20.8 Å². The Labute approximate surface area is 171 Å². The zero-order chi connectivity index (χ0) is 17.4. The maximum atomic E-state index is 11.9. The van der Waals surface area contributed by atoms with Gasteiger partial charge < -0.3 is 16.0 Å². The van der Waals surface area contributed by atoms with Crippen molar-refractivity contribution in [2.45, 2.75) is 65.5 Å². The summed E-state index contributed by atoms with van der Waals surface area (Å²) in [6.07, 6.45) is 5.18. The number of aliphatic imine (C=N–C) groups is 1. The monoisotopic (exact) mass is 479 g/mol. The highest BCUT2D eigenvalue weighted by Gasteiger charge is 2.16. The number of carbonyl (C=O) groups is 1. The van der Waals surface area contributed by atoms with Crippen LogP contribution in [0.2, 0.25) is 0 Å². The second-order valence-electron chi connectivity index (χ2n) is 6.16. The van der Waals surface area contributed by atoms with Gasteiger partial charge in [-0.2, -0.15) is 0 Å². The quantitative estimate of drug-likeness (QED) is 0.319. The molecule has 0 radical (unpaired) electrons. The van der Waals surface area contributed by atoms with Gasteiger partial charge >= 0.3 is 0 Å². The number of hydrogen-bond donors (Lipinski definition) is 3. The highest BCUT2D eigenvalue weighted by atomic mass is 127. The van der Waals surface area contributed by atoms with Crippen LogP contribution in [-0.4, -0.2) is 36.0 Å². The number of thiazole rings is 1. The molecule has 1 aliphatic carbocycles. The van der Waals surface area contributed by atoms with Crippen LogP contribution in [0.5, 0.6) is 0 Å². The molecule has 0 atom stereocenters. The first-order valence-electron chi connectivity index (χ1n) is 8.83. The molecule has 2 rings (SSSR count). The van der Waals surface area contributed by atoms with E-state index >= 15 is 0 Å². The number of nitrogens with zero attached hydrogens (tertiary/aromatic N) is 2. The van der Waals surface area contributed by atoms with Crippen molar-refractivity contribution in [2.75, 3.05) is 13.1 Å². The molecular formula is C17H30IN5OS. The van der Waals surface area contributed by atoms with Crippen LogP contribution in [0, 0.1) is 13.8 Å². The average Bonchev–Trinajstić information content (AvgIpc) is 3.14. The van der Waals surface area contributed by atoms with Gasteiger partial charge in [-0.05, 0) is 33.6 Å². The fourth-order valence-electron chi connectivity index (χ4n) is 2.88. The average molecular weight is 479 g/mol. The molecule has 6 nitrogen and oxygen atoms in total. The molecule has 8 heteroatoms. The summed E-state index contributed by atoms with van der Waals surface area (Å²) < 4.78 is 0. The molecule has 0 spiro atoms. The molecule has 1 aromatic heterocycles. The van der Waals surface area contributed by atoms with Gasteiger partial charge in [-0.1, -0.05) is 12.8 Å². The van der Waals surface area contributed by atoms with Crippen LogP contribution in [0.1, 0.15) is 54.6 Å². The Morgan fingerprint density at radius 3 is 2.60 bits per heavy atom. The van der Waals surface area contributed by atoms with Crippen molar-refractivity contribution in [1.82, 2.24) is 20.9 Å². The summed E-state index contributed by atoms with van der Waals surface area (Å²) in [5.41, 5.74) is 1.05. The lowest BCUT2D eigenvalue weighted by Crippen LogP contribution is -2.40. The number of guanidine groups is 1. The maximum absolute atomic E-state index is 11.9. The molecule has 0 aromatic carbocycles. The van der Waals surface area contributed by atoms with Crippen molar-refractivity contribution in [3.05, 3.63) is 15.6 Å². The van der Waals surface area contributed by atoms with Crippen molar-refractivity contribution < 1.29 is 4.79 Å². The van der Waals surface area contributed by atoms with E-state index in [0.29, 0.717) is 25.6 Å². The first-order valence-corrected chi connectivity index (χ1v) is 9.64. The van der Waals surface area contributed by atoms with Gasteiger partial charge in [-0.15, -0.1) is 35.3 Å². The molecule has 142 valence electrons. The van der Waals surface area contributed by atoms with Crippen LogP contribution in [0.15, 0.2) is 4.99 Å². The lowest BCUT2D eigenvalue weighted by Gasteiger charge is -2.13. The molecule has 0 unspecified atom stereocenters. The van der Waals surface area contributed by atoms with Crippen LogP contribution < -0.4 is 16.0 Å². The largest absolute Gasteiger partial charge is 0.357 e. The number of hydrogen-bond acceptors (Lipinski definition) is 4. The van der Waals surface area contributed by atoms with Crippen LogP contribution in [0.4, 0.5) is 0 Å². The summed E-state index contributed by atoms with van der Waals surface area (Å²) >= 11 is 1.68. The standard InChI is InChI=1S/C17H29N5OS.HI/c1-4-18-17(20-11-15-12(2)21-13(3)24-15)19-10-9-16(23)22-14-7-5-6-8-14;/h14H,4-11H2,1-3H3,(H,22,23)(H2,18,19,20);1H. The van der Waals surface area contributed by atoms with E-state index in [0.717, 1.165) is 36.0 Å². The molecule has 0 saturated heterocycles. The van der Waals surface area contributed by atoms with Crippen LogP contribution in [0.25, 0.3) is 0 Å². The van der Waals surface area contributed by atoms with E-state index in [-0.39, 0.29) is 29.9 Å². The van der Waals surface area contributed by atoms with Gasteiger partial charge in [-0.3, -0.25) is 4.79 Å². The fourth-order valence-corrected chi connectivity index (χ4v) is 3.74. The highest BCUT2D eigenvalue weighted by molar-refractivity contribution is 14.0. The van der Waals surface area contributed by atoms with Crippen LogP contribution >= 0.6 is 35.3 Å². The van der Waals surface area contributed by atoms with Crippen molar-refractivity contribution in [3.63, 3.8) is 0 Å². The van der Waals surface area contributed by atoms with Gasteiger partial charge in [0, 0.05) is 30.4 Å². The lowest BCUT2D eigenvalue weighted by atomic mass is 10.2. The summed E-state index contributed by atoms with van der Waals surface area (Å²) in [5, 5.41) is 10.6. The second kappa shape index (κ2) is 11.7. The van der Waals surface area contributed by atoms with Gasteiger partial charge in [0.1, 0.15) is 0 Å². The zero-order valence-corrected chi connectivity index (χ0v) is 18.5. The van der Waals surface area contributed by atoms with Crippen molar-refractivity contribution in [1.29, 1.82) is 0 Å². The third-order valence-electron chi connectivity index (χ3n) is 4.09. The highest BCUT2D eigenvalue weighted by Crippen LogP contribution is 2.18. The van der Waals surface area contributed by atoms with Crippen molar-refractivity contribution >= 4 is 47.2 Å². The number of aromatic nitrogens is 1. The lowest BCUT2D eigenvalue weighted by molar-refractivity contribution is -0.121. The van der Waals surface area contributed by atoms with Crippen LogP contribution in [0.3, 0.4) is 0 Å². The number of nitrogens with one attached hydrogen (secondary N) is 3. The fraction of sp³-hybridized carbons (Fsp3) is 0.706. The molecule has 25 heavy (non-hydrogen) atoms. The Hall–Kier alpha value is -0.900. The molecule has 1 fully saturated rings. The van der Waals surface area contributed by atoms with E-state index in [1.54, 1.807) is 11.3 Å². The summed E-state index contributed by atoms with van der Waals surface area (Å²) in [7, 11) is 0. The van der Waals surface area contributed by atoms with E-state index < -0.39 is 0 Å². The molecule has 1 heterocycles. The molecular weight excluding hydrogens is 449 g/mol. The van der Waals surface area contributed by atoms with Crippen LogP contribution in [-0.2, 0) is 11.3 Å². The summed E-state index contributed by atoms with van der Waals surface area (Å²) in [4.78, 5) is 22.1. The van der Waals surface area contributed by atoms with Gasteiger partial charge in [0.25, 0.3) is 0 Å². The Morgan fingerprint density at radius 2 is 2.00 bits per heavy atom. The minimum absolute atomic E-state index is 0. The van der Waals surface area contributed by atoms with E-state index in [9.17, 15) is 4.79 Å². The SMILES string of the molecule is CCNC(=NCc1sc(C)nc1C)NCCC(=O)NC1CCCC1.I. The smallest absolute Gasteiger partial charge is 0.221 e. The van der Waals surface area contributed by atoms with Gasteiger partial charge in [0.05, 0.1) is 17.2 Å². The predicted octanol–water partition coefficient (Wildman–Crippen LogP) is 2.88. The Bertz CT molecular complexity index is 569. The molecule has 1 aromatic rings. The number of aryl methyl sites for hydroxylation is 2. The number of halogens is 1. The molecule has 0 bridgehead atoms. The third kappa shape index (κ3) is 7.89. The first kappa shape index (κ1) is 22.1. The first-order chi connectivity index (χ1) is 11.6. The van der Waals surface area contributed by atoms with Gasteiger partial charge in [-0.25, -0.2) is 9.98 Å². The normalized spacial score (nSPS) is 14.9. The van der Waals surface area contributed by atoms with E-state index in [1.165, 1.54) is 17.7 Å². The van der Waals surface area contributed by atoms with Crippen molar-refractivity contribution in [2.24, 2.45) is 4.99 Å². The number of amides is 1. The van der Waals surface area contributed by atoms with Crippen molar-refractivity contribution in [3.8, 4) is 0 Å². The second-order valence-corrected chi connectivity index (χ2v) is 7.45. The Kier molecular flexibility index (Phi) is 10.3. The summed E-state index contributed by atoms with van der Waals surface area (Å²) in [5.74, 6) is 0.871. The third-order valence-corrected chi connectivity index (χ3v) is 5.15. The Balaban J connectivity index is 0.00000312. The molecule has 3 N–H and O–H groups in total. The molecule has 1 saturated carbocycles. The minimum Gasteiger partial charge on any atom is -0.357 e. The van der Waals surface area contributed by atoms with E-state index in [2.05, 4.69) is 25.9 Å². The maximum Gasteiger partial charge on any atom is 0.221 e. The minimum atomic E-state index is 0.